The van der Waals surface area contributed by atoms with Gasteiger partial charge in [-0.05, 0) is 35.9 Å². The van der Waals surface area contributed by atoms with Crippen LogP contribution in [0.4, 0.5) is 5.69 Å². The molecule has 3 rings (SSSR count). The third-order valence-electron chi connectivity index (χ3n) is 3.85. The summed E-state index contributed by atoms with van der Waals surface area (Å²) in [6, 6.07) is 19.4. The van der Waals surface area contributed by atoms with Crippen LogP contribution in [0.2, 0.25) is 0 Å². The smallest absolute Gasteiger partial charge is 0.255 e. The Hall–Kier alpha value is -3.67. The number of pyridine rings is 1. The van der Waals surface area contributed by atoms with E-state index in [4.69, 9.17) is 4.74 Å². The van der Waals surface area contributed by atoms with Crippen molar-refractivity contribution in [3.8, 4) is 11.6 Å². The first-order valence-electron chi connectivity index (χ1n) is 8.44. The maximum Gasteiger partial charge on any atom is 0.255 e. The van der Waals surface area contributed by atoms with Gasteiger partial charge in [0, 0.05) is 24.9 Å². The molecule has 0 aliphatic carbocycles. The van der Waals surface area contributed by atoms with Crippen LogP contribution in [-0.2, 0) is 11.2 Å². The fraction of sp³-hybridized carbons (Fsp3) is 0.0952. The maximum absolute atomic E-state index is 12.5. The van der Waals surface area contributed by atoms with E-state index in [0.29, 0.717) is 22.9 Å². The van der Waals surface area contributed by atoms with E-state index in [2.05, 4.69) is 15.6 Å². The number of nitrogens with one attached hydrogen (secondary N) is 2. The van der Waals surface area contributed by atoms with Crippen LogP contribution >= 0.6 is 0 Å². The van der Waals surface area contributed by atoms with Crippen molar-refractivity contribution in [3.05, 3.63) is 84.1 Å². The average Bonchev–Trinajstić information content (AvgIpc) is 2.70. The molecule has 1 aromatic heterocycles. The number of aromatic nitrogens is 1. The Morgan fingerprint density at radius 1 is 0.963 bits per heavy atom. The van der Waals surface area contributed by atoms with Crippen molar-refractivity contribution in [1.29, 1.82) is 0 Å². The summed E-state index contributed by atoms with van der Waals surface area (Å²) in [6.07, 6.45) is 1.91. The zero-order valence-electron chi connectivity index (χ0n) is 14.8. The highest BCUT2D eigenvalue weighted by Gasteiger charge is 2.11. The van der Waals surface area contributed by atoms with E-state index in [1.54, 1.807) is 61.8 Å². The van der Waals surface area contributed by atoms with E-state index in [1.807, 2.05) is 18.2 Å². The Kier molecular flexibility index (Phi) is 5.79. The number of carbonyl (C=O) groups excluding carboxylic acids is 2. The van der Waals surface area contributed by atoms with Crippen molar-refractivity contribution >= 4 is 17.5 Å². The topological polar surface area (TPSA) is 80.3 Å². The molecular weight excluding hydrogens is 342 g/mol. The average molecular weight is 361 g/mol. The highest BCUT2D eigenvalue weighted by Crippen LogP contribution is 2.28. The van der Waals surface area contributed by atoms with Crippen molar-refractivity contribution < 1.29 is 14.3 Å². The number of para-hydroxylation sites is 2. The summed E-state index contributed by atoms with van der Waals surface area (Å²) in [5.74, 6) is 0.602. The SMILES string of the molecule is CNC(=O)Cc1ccc(C(=O)Nc2ccccc2Oc2ccccn2)cc1. The molecule has 27 heavy (non-hydrogen) atoms. The van der Waals surface area contributed by atoms with Gasteiger partial charge in [0.25, 0.3) is 5.91 Å². The number of hydrogen-bond donors (Lipinski definition) is 2. The van der Waals surface area contributed by atoms with Gasteiger partial charge in [0.1, 0.15) is 0 Å². The molecule has 0 fully saturated rings. The predicted octanol–water partition coefficient (Wildman–Crippen LogP) is 3.41. The lowest BCUT2D eigenvalue weighted by Gasteiger charge is -2.12. The maximum atomic E-state index is 12.5. The summed E-state index contributed by atoms with van der Waals surface area (Å²) in [4.78, 5) is 28.1. The minimum Gasteiger partial charge on any atom is -0.437 e. The monoisotopic (exact) mass is 361 g/mol. The van der Waals surface area contributed by atoms with E-state index < -0.39 is 0 Å². The molecule has 0 aliphatic heterocycles. The van der Waals surface area contributed by atoms with Crippen LogP contribution in [0, 0.1) is 0 Å². The molecule has 6 heteroatoms. The second-order valence-corrected chi connectivity index (χ2v) is 5.77. The molecule has 2 amide bonds. The van der Waals surface area contributed by atoms with E-state index in [-0.39, 0.29) is 18.2 Å². The number of amides is 2. The zero-order chi connectivity index (χ0) is 19.1. The highest BCUT2D eigenvalue weighted by molar-refractivity contribution is 6.05. The third kappa shape index (κ3) is 4.92. The zero-order valence-corrected chi connectivity index (χ0v) is 14.8. The molecule has 3 aromatic rings. The van der Waals surface area contributed by atoms with Gasteiger partial charge in [0.2, 0.25) is 11.8 Å². The van der Waals surface area contributed by atoms with Crippen LogP contribution in [0.15, 0.2) is 72.9 Å². The van der Waals surface area contributed by atoms with Gasteiger partial charge in [-0.3, -0.25) is 9.59 Å². The van der Waals surface area contributed by atoms with E-state index >= 15 is 0 Å². The van der Waals surface area contributed by atoms with Gasteiger partial charge < -0.3 is 15.4 Å². The Labute approximate surface area is 157 Å². The quantitative estimate of drug-likeness (QED) is 0.705. The molecule has 0 bridgehead atoms. The van der Waals surface area contributed by atoms with Gasteiger partial charge in [0.05, 0.1) is 12.1 Å². The molecule has 0 saturated carbocycles. The summed E-state index contributed by atoms with van der Waals surface area (Å²) in [5, 5.41) is 5.42. The van der Waals surface area contributed by atoms with Crippen molar-refractivity contribution in [2.75, 3.05) is 12.4 Å². The molecule has 0 radical (unpaired) electrons. The van der Waals surface area contributed by atoms with Gasteiger partial charge in [-0.25, -0.2) is 4.98 Å². The molecule has 0 spiro atoms. The molecule has 0 unspecified atom stereocenters. The first-order chi connectivity index (χ1) is 13.2. The summed E-state index contributed by atoms with van der Waals surface area (Å²) in [7, 11) is 1.59. The van der Waals surface area contributed by atoms with E-state index in [9.17, 15) is 9.59 Å². The summed E-state index contributed by atoms with van der Waals surface area (Å²) in [6.45, 7) is 0. The summed E-state index contributed by atoms with van der Waals surface area (Å²) < 4.78 is 5.75. The third-order valence-corrected chi connectivity index (χ3v) is 3.85. The molecule has 6 nitrogen and oxygen atoms in total. The van der Waals surface area contributed by atoms with E-state index in [1.165, 1.54) is 0 Å². The molecule has 0 atom stereocenters. The van der Waals surface area contributed by atoms with Gasteiger partial charge in [-0.1, -0.05) is 30.3 Å². The minimum absolute atomic E-state index is 0.0761. The number of hydrogen-bond acceptors (Lipinski definition) is 4. The van der Waals surface area contributed by atoms with Crippen LogP contribution in [0.5, 0.6) is 11.6 Å². The second-order valence-electron chi connectivity index (χ2n) is 5.77. The molecule has 2 aromatic carbocycles. The van der Waals surface area contributed by atoms with Crippen LogP contribution < -0.4 is 15.4 Å². The number of nitrogens with zero attached hydrogens (tertiary/aromatic N) is 1. The molecule has 0 saturated heterocycles. The first kappa shape index (κ1) is 18.1. The molecule has 1 heterocycles. The second kappa shape index (κ2) is 8.62. The fourth-order valence-electron chi connectivity index (χ4n) is 2.42. The van der Waals surface area contributed by atoms with Crippen molar-refractivity contribution in [2.24, 2.45) is 0 Å². The number of ether oxygens (including phenoxy) is 1. The lowest BCUT2D eigenvalue weighted by Crippen LogP contribution is -2.20. The normalized spacial score (nSPS) is 10.1. The van der Waals surface area contributed by atoms with Gasteiger partial charge in [-0.2, -0.15) is 0 Å². The van der Waals surface area contributed by atoms with Crippen LogP contribution in [-0.4, -0.2) is 23.8 Å². The number of rotatable bonds is 6. The standard InChI is InChI=1S/C21H19N3O3/c1-22-19(25)14-15-9-11-16(12-10-15)21(26)24-17-6-2-3-7-18(17)27-20-8-4-5-13-23-20/h2-13H,14H2,1H3,(H,22,25)(H,24,26). The molecule has 136 valence electrons. The lowest BCUT2D eigenvalue weighted by molar-refractivity contribution is -0.119. The predicted molar refractivity (Wildman–Crippen MR) is 103 cm³/mol. The number of likely N-dealkylation sites (N-methyl/N-ethyl adjacent to an activating group) is 1. The molecule has 2 N–H and O–H groups in total. The summed E-state index contributed by atoms with van der Waals surface area (Å²) in [5.41, 5.74) is 1.87. The lowest BCUT2D eigenvalue weighted by atomic mass is 10.1. The molecule has 0 aliphatic rings. The Morgan fingerprint density at radius 3 is 2.41 bits per heavy atom. The fourth-order valence-corrected chi connectivity index (χ4v) is 2.42. The van der Waals surface area contributed by atoms with Crippen molar-refractivity contribution in [1.82, 2.24) is 10.3 Å². The summed E-state index contributed by atoms with van der Waals surface area (Å²) >= 11 is 0. The van der Waals surface area contributed by atoms with Crippen LogP contribution in [0.25, 0.3) is 0 Å². The van der Waals surface area contributed by atoms with Crippen LogP contribution in [0.1, 0.15) is 15.9 Å². The van der Waals surface area contributed by atoms with Gasteiger partial charge in [0.15, 0.2) is 5.75 Å². The van der Waals surface area contributed by atoms with E-state index in [0.717, 1.165) is 5.56 Å². The highest BCUT2D eigenvalue weighted by atomic mass is 16.5. The van der Waals surface area contributed by atoms with Crippen molar-refractivity contribution in [2.45, 2.75) is 6.42 Å². The van der Waals surface area contributed by atoms with Crippen molar-refractivity contribution in [3.63, 3.8) is 0 Å². The minimum atomic E-state index is -0.265. The van der Waals surface area contributed by atoms with Crippen LogP contribution in [0.3, 0.4) is 0 Å². The molecular formula is C21H19N3O3. The number of benzene rings is 2. The number of anilines is 1. The van der Waals surface area contributed by atoms with Gasteiger partial charge in [-0.15, -0.1) is 0 Å². The Balaban J connectivity index is 1.72. The largest absolute Gasteiger partial charge is 0.437 e. The Bertz CT molecular complexity index is 925. The number of carbonyl (C=O) groups is 2. The Morgan fingerprint density at radius 2 is 1.70 bits per heavy atom. The van der Waals surface area contributed by atoms with Gasteiger partial charge >= 0.3 is 0 Å². The first-order valence-corrected chi connectivity index (χ1v) is 8.44.